The first-order chi connectivity index (χ1) is 25.4. The zero-order valence-corrected chi connectivity index (χ0v) is 29.1. The first-order valence-corrected chi connectivity index (χ1v) is 16.6. The summed E-state index contributed by atoms with van der Waals surface area (Å²) in [5.41, 5.74) is -4.97. The molecule has 0 saturated carbocycles. The number of halogens is 8. The van der Waals surface area contributed by atoms with Crippen LogP contribution in [0.1, 0.15) is 23.9 Å². The number of benzene rings is 2. The van der Waals surface area contributed by atoms with Gasteiger partial charge in [0.2, 0.25) is 0 Å². The maximum Gasteiger partial charge on any atom is 0.433 e. The van der Waals surface area contributed by atoms with Gasteiger partial charge in [0.15, 0.2) is 11.3 Å². The minimum atomic E-state index is -4.85. The van der Waals surface area contributed by atoms with Crippen molar-refractivity contribution in [3.63, 3.8) is 0 Å². The number of nitrogens with one attached hydrogen (secondary N) is 2. The number of aromatic nitrogens is 6. The fourth-order valence-electron chi connectivity index (χ4n) is 5.51. The van der Waals surface area contributed by atoms with Crippen LogP contribution in [0.5, 0.6) is 0 Å². The second-order valence-electron chi connectivity index (χ2n) is 12.0. The normalized spacial score (nSPS) is 13.3. The number of alkyl halides is 6. The Balaban J connectivity index is 1.29. The molecule has 12 nitrogen and oxygen atoms in total. The van der Waals surface area contributed by atoms with Crippen molar-refractivity contribution >= 4 is 56.9 Å². The summed E-state index contributed by atoms with van der Waals surface area (Å²) in [5.74, 6) is -0.264. The van der Waals surface area contributed by atoms with Crippen LogP contribution in [-0.2, 0) is 18.8 Å². The number of aliphatic hydroxyl groups excluding tert-OH is 2. The molecule has 0 aliphatic heterocycles. The smallest absolute Gasteiger partial charge is 0.392 e. The zero-order chi connectivity index (χ0) is 39.1. The fourth-order valence-corrected chi connectivity index (χ4v) is 6.02. The minimum absolute atomic E-state index is 0.0165. The summed E-state index contributed by atoms with van der Waals surface area (Å²) in [6, 6.07) is 13.7. The van der Waals surface area contributed by atoms with Crippen LogP contribution < -0.4 is 22.0 Å². The van der Waals surface area contributed by atoms with E-state index in [1.54, 1.807) is 6.07 Å². The van der Waals surface area contributed by atoms with E-state index in [2.05, 4.69) is 30.6 Å². The Hall–Kier alpha value is -5.30. The van der Waals surface area contributed by atoms with Gasteiger partial charge in [0.1, 0.15) is 23.0 Å². The van der Waals surface area contributed by atoms with E-state index in [1.807, 2.05) is 0 Å². The average molecular weight is 796 g/mol. The molecule has 2 atom stereocenters. The Morgan fingerprint density at radius 3 is 1.67 bits per heavy atom. The molecule has 4 aromatic heterocycles. The van der Waals surface area contributed by atoms with Crippen LogP contribution >= 0.6 is 23.2 Å². The molecular weight excluding hydrogens is 769 g/mol. The van der Waals surface area contributed by atoms with Crippen molar-refractivity contribution in [3.8, 4) is 11.4 Å². The van der Waals surface area contributed by atoms with E-state index in [9.17, 15) is 46.1 Å². The van der Waals surface area contributed by atoms with Crippen LogP contribution in [0.2, 0.25) is 10.0 Å². The highest BCUT2D eigenvalue weighted by Crippen LogP contribution is 2.33. The molecule has 0 aliphatic rings. The summed E-state index contributed by atoms with van der Waals surface area (Å²) in [5, 5.41) is 26.1. The number of anilines is 2. The Labute approximate surface area is 309 Å². The van der Waals surface area contributed by atoms with E-state index in [-0.39, 0.29) is 63.3 Å². The van der Waals surface area contributed by atoms with Crippen molar-refractivity contribution in [2.45, 2.75) is 37.9 Å². The number of nitrogens with zero attached hydrogens (tertiary/aromatic N) is 6. The summed E-state index contributed by atoms with van der Waals surface area (Å²) >= 11 is 12.8. The lowest BCUT2D eigenvalue weighted by molar-refractivity contribution is -0.141. The Bertz CT molecular complexity index is 2510. The average Bonchev–Trinajstić information content (AvgIpc) is 3.09. The Morgan fingerprint density at radius 2 is 1.19 bits per heavy atom. The second kappa shape index (κ2) is 14.8. The molecule has 2 aromatic carbocycles. The summed E-state index contributed by atoms with van der Waals surface area (Å²) in [6.07, 6.45) is -11.9. The van der Waals surface area contributed by atoms with Gasteiger partial charge >= 0.3 is 23.7 Å². The zero-order valence-electron chi connectivity index (χ0n) is 27.5. The largest absolute Gasteiger partial charge is 0.433 e. The van der Waals surface area contributed by atoms with Gasteiger partial charge in [-0.05, 0) is 61.0 Å². The Kier molecular flexibility index (Phi) is 10.6. The van der Waals surface area contributed by atoms with E-state index in [0.29, 0.717) is 5.56 Å². The molecule has 0 radical (unpaired) electrons. The number of fused-ring (bicyclic) bond motifs is 2. The highest BCUT2D eigenvalue weighted by molar-refractivity contribution is 6.32. The van der Waals surface area contributed by atoms with Crippen LogP contribution in [0.3, 0.4) is 0 Å². The predicted octanol–water partition coefficient (Wildman–Crippen LogP) is 6.03. The van der Waals surface area contributed by atoms with Gasteiger partial charge in [0.05, 0.1) is 44.4 Å². The van der Waals surface area contributed by atoms with Crippen molar-refractivity contribution in [1.29, 1.82) is 0 Å². The van der Waals surface area contributed by atoms with Gasteiger partial charge in [0.25, 0.3) is 0 Å². The topological polar surface area (TPSA) is 160 Å². The third kappa shape index (κ3) is 7.96. The van der Waals surface area contributed by atoms with Crippen molar-refractivity contribution in [2.24, 2.45) is 0 Å². The van der Waals surface area contributed by atoms with Crippen molar-refractivity contribution in [2.75, 3.05) is 23.7 Å². The maximum atomic E-state index is 13.6. The van der Waals surface area contributed by atoms with Crippen LogP contribution in [0.25, 0.3) is 33.4 Å². The number of para-hydroxylation sites is 1. The molecule has 0 bridgehead atoms. The van der Waals surface area contributed by atoms with Crippen molar-refractivity contribution < 1.29 is 36.6 Å². The molecule has 0 aliphatic carbocycles. The molecule has 6 rings (SSSR count). The van der Waals surface area contributed by atoms with Gasteiger partial charge in [0, 0.05) is 19.5 Å². The summed E-state index contributed by atoms with van der Waals surface area (Å²) in [6.45, 7) is 1.13. The van der Waals surface area contributed by atoms with Crippen LogP contribution in [0.15, 0.2) is 76.3 Å². The predicted molar refractivity (Wildman–Crippen MR) is 189 cm³/mol. The van der Waals surface area contributed by atoms with E-state index in [4.69, 9.17) is 23.2 Å². The Morgan fingerprint density at radius 1 is 0.685 bits per heavy atom. The number of hydrogen-bond donors (Lipinski definition) is 4. The second-order valence-corrected chi connectivity index (χ2v) is 12.8. The quantitative estimate of drug-likeness (QED) is 0.121. The third-order valence-corrected chi connectivity index (χ3v) is 8.57. The molecule has 0 amide bonds. The lowest BCUT2D eigenvalue weighted by Gasteiger charge is -2.18. The first-order valence-electron chi connectivity index (χ1n) is 15.8. The van der Waals surface area contributed by atoms with E-state index in [1.165, 1.54) is 43.3 Å². The van der Waals surface area contributed by atoms with Gasteiger partial charge < -0.3 is 20.8 Å². The highest BCUT2D eigenvalue weighted by atomic mass is 35.5. The van der Waals surface area contributed by atoms with Gasteiger partial charge in [-0.15, -0.1) is 0 Å². The number of pyridine rings is 2. The van der Waals surface area contributed by atoms with Gasteiger partial charge in [-0.25, -0.2) is 28.7 Å². The number of aliphatic hydroxyl groups is 2. The molecule has 0 spiro atoms. The van der Waals surface area contributed by atoms with Crippen LogP contribution in [0, 0.1) is 0 Å². The SMILES string of the molecule is C[C@H](O)CNc1nc(=O)n(-c2ccc(C[C@@H](O)CNc3nc(=O)n(-c4ccccc4Cl)c4nc(C(F)(F)F)ccc34)cc2Cl)c2nc(C(F)(F)F)ccc12. The van der Waals surface area contributed by atoms with Gasteiger partial charge in [-0.1, -0.05) is 41.4 Å². The molecule has 20 heteroatoms. The summed E-state index contributed by atoms with van der Waals surface area (Å²) in [4.78, 5) is 41.7. The molecule has 282 valence electrons. The molecule has 0 saturated heterocycles. The minimum Gasteiger partial charge on any atom is -0.392 e. The molecule has 0 unspecified atom stereocenters. The van der Waals surface area contributed by atoms with Gasteiger partial charge in [-0.3, -0.25) is 0 Å². The summed E-state index contributed by atoms with van der Waals surface area (Å²) < 4.78 is 83.5. The van der Waals surface area contributed by atoms with E-state index in [0.717, 1.165) is 33.4 Å². The molecule has 4 N–H and O–H groups in total. The van der Waals surface area contributed by atoms with E-state index >= 15 is 0 Å². The standard InChI is InChI=1S/C34H26Cl2F6N8O4/c1-16(51)14-43-27-19-7-10-26(34(40,41)42)46-30(19)50(32(54)47-27)24-9-6-17(13-22(24)36)12-18(52)15-44-28-20-8-11-25(33(37,38)39)45-29(20)49(31(53)48-28)23-5-3-2-4-21(23)35/h2-11,13,16,18,51-52H,12,14-15H2,1H3,(H,43,47,54)(H,44,48,53)/t16-,18+/m0/s1. The van der Waals surface area contributed by atoms with Crippen molar-refractivity contribution in [3.05, 3.63) is 115 Å². The molecule has 6 aromatic rings. The lowest BCUT2D eigenvalue weighted by Crippen LogP contribution is -2.28. The van der Waals surface area contributed by atoms with Crippen LogP contribution in [0.4, 0.5) is 38.0 Å². The highest BCUT2D eigenvalue weighted by Gasteiger charge is 2.34. The number of rotatable bonds is 10. The van der Waals surface area contributed by atoms with E-state index < -0.39 is 58.6 Å². The van der Waals surface area contributed by atoms with Gasteiger partial charge in [-0.2, -0.15) is 36.3 Å². The monoisotopic (exact) mass is 794 g/mol. The molecule has 0 fully saturated rings. The van der Waals surface area contributed by atoms with Crippen molar-refractivity contribution in [1.82, 2.24) is 29.1 Å². The third-order valence-electron chi connectivity index (χ3n) is 7.95. The lowest BCUT2D eigenvalue weighted by atomic mass is 10.1. The molecule has 4 heterocycles. The first kappa shape index (κ1) is 38.4. The van der Waals surface area contributed by atoms with Crippen LogP contribution in [-0.4, -0.2) is 64.6 Å². The molecular formula is C34H26Cl2F6N8O4. The fraction of sp³-hybridized carbons (Fsp3) is 0.235. The maximum absolute atomic E-state index is 13.6. The summed E-state index contributed by atoms with van der Waals surface area (Å²) in [7, 11) is 0. The number of hydrogen-bond acceptors (Lipinski definition) is 10. The molecule has 54 heavy (non-hydrogen) atoms.